The monoisotopic (exact) mass is 239 g/mol. The van der Waals surface area contributed by atoms with Gasteiger partial charge in [0.15, 0.2) is 0 Å². The van der Waals surface area contributed by atoms with E-state index < -0.39 is 0 Å². The van der Waals surface area contributed by atoms with E-state index in [-0.39, 0.29) is 10.8 Å². The lowest BCUT2D eigenvalue weighted by atomic mass is 10.2. The number of hydrogen-bond donors (Lipinski definition) is 1. The minimum absolute atomic E-state index is 0.173. The summed E-state index contributed by atoms with van der Waals surface area (Å²) < 4.78 is 12.9. The summed E-state index contributed by atoms with van der Waals surface area (Å²) in [7, 11) is 0. The van der Waals surface area contributed by atoms with Crippen molar-refractivity contribution in [3.05, 3.63) is 34.6 Å². The molecule has 1 rings (SSSR count). The molecule has 0 aliphatic rings. The molecule has 0 saturated heterocycles. The van der Waals surface area contributed by atoms with Crippen LogP contribution < -0.4 is 5.32 Å². The zero-order chi connectivity index (χ0) is 11.8. The van der Waals surface area contributed by atoms with E-state index in [1.54, 1.807) is 12.1 Å². The molecule has 3 heteroatoms. The first-order valence-electron chi connectivity index (χ1n) is 5.32. The van der Waals surface area contributed by atoms with Crippen LogP contribution in [-0.4, -0.2) is 6.54 Å². The fourth-order valence-electron chi connectivity index (χ4n) is 1.36. The predicted octanol–water partition coefficient (Wildman–Crippen LogP) is 3.37. The summed E-state index contributed by atoms with van der Waals surface area (Å²) in [4.78, 5) is 0. The normalized spacial score (nSPS) is 10.1. The minimum Gasteiger partial charge on any atom is -0.313 e. The molecular weight excluding hydrogens is 225 g/mol. The lowest BCUT2D eigenvalue weighted by Gasteiger charge is -2.05. The molecule has 0 radical (unpaired) electrons. The Morgan fingerprint density at radius 2 is 2.19 bits per heavy atom. The summed E-state index contributed by atoms with van der Waals surface area (Å²) in [5.41, 5.74) is 0.989. The maximum Gasteiger partial charge on any atom is 0.141 e. The van der Waals surface area contributed by atoms with Crippen molar-refractivity contribution in [1.29, 1.82) is 0 Å². The molecule has 0 amide bonds. The summed E-state index contributed by atoms with van der Waals surface area (Å²) in [6.45, 7) is 1.62. The Morgan fingerprint density at radius 1 is 1.38 bits per heavy atom. The van der Waals surface area contributed by atoms with Gasteiger partial charge in [-0.15, -0.1) is 12.3 Å². The highest BCUT2D eigenvalue weighted by molar-refractivity contribution is 6.30. The van der Waals surface area contributed by atoms with E-state index in [0.717, 1.165) is 31.4 Å². The molecule has 0 aliphatic heterocycles. The molecule has 0 saturated carbocycles. The highest BCUT2D eigenvalue weighted by Gasteiger charge is 2.00. The molecule has 0 spiro atoms. The molecule has 0 aliphatic carbocycles. The van der Waals surface area contributed by atoms with Crippen LogP contribution in [0.5, 0.6) is 0 Å². The highest BCUT2D eigenvalue weighted by atomic mass is 35.5. The topological polar surface area (TPSA) is 12.0 Å². The Kier molecular flexibility index (Phi) is 5.92. The van der Waals surface area contributed by atoms with E-state index in [2.05, 4.69) is 11.2 Å². The first kappa shape index (κ1) is 13.0. The second kappa shape index (κ2) is 7.27. The molecule has 0 atom stereocenters. The standard InChI is InChI=1S/C13H15ClFN/c1-2-3-4-5-8-16-10-11-6-7-13(15)12(14)9-11/h1,6-7,9,16H,3-5,8,10H2. The van der Waals surface area contributed by atoms with Crippen molar-refractivity contribution < 1.29 is 4.39 Å². The summed E-state index contributed by atoms with van der Waals surface area (Å²) >= 11 is 5.67. The third-order valence-electron chi connectivity index (χ3n) is 2.24. The molecule has 86 valence electrons. The van der Waals surface area contributed by atoms with E-state index >= 15 is 0 Å². The third-order valence-corrected chi connectivity index (χ3v) is 2.53. The number of terminal acetylenes is 1. The second-order valence-electron chi connectivity index (χ2n) is 3.59. The van der Waals surface area contributed by atoms with E-state index in [9.17, 15) is 4.39 Å². The van der Waals surface area contributed by atoms with E-state index in [1.165, 1.54) is 6.07 Å². The smallest absolute Gasteiger partial charge is 0.141 e. The molecular formula is C13H15ClFN. The number of hydrogen-bond acceptors (Lipinski definition) is 1. The van der Waals surface area contributed by atoms with Gasteiger partial charge in [0.25, 0.3) is 0 Å². The maximum absolute atomic E-state index is 12.9. The van der Waals surface area contributed by atoms with Crippen LogP contribution in [0.1, 0.15) is 24.8 Å². The second-order valence-corrected chi connectivity index (χ2v) is 3.99. The lowest BCUT2D eigenvalue weighted by molar-refractivity contribution is 0.618. The average Bonchev–Trinajstić information content (AvgIpc) is 2.28. The van der Waals surface area contributed by atoms with E-state index in [4.69, 9.17) is 18.0 Å². The predicted molar refractivity (Wildman–Crippen MR) is 65.8 cm³/mol. The van der Waals surface area contributed by atoms with Crippen LogP contribution in [0.25, 0.3) is 0 Å². The Bertz CT molecular complexity index is 371. The molecule has 16 heavy (non-hydrogen) atoms. The molecule has 1 N–H and O–H groups in total. The minimum atomic E-state index is -0.376. The van der Waals surface area contributed by atoms with Gasteiger partial charge in [-0.2, -0.15) is 0 Å². The van der Waals surface area contributed by atoms with Gasteiger partial charge in [0.2, 0.25) is 0 Å². The molecule has 1 aromatic rings. The van der Waals surface area contributed by atoms with Crippen LogP contribution in [0.4, 0.5) is 4.39 Å². The van der Waals surface area contributed by atoms with Crippen molar-refractivity contribution >= 4 is 11.6 Å². The van der Waals surface area contributed by atoms with Gasteiger partial charge >= 0.3 is 0 Å². The van der Waals surface area contributed by atoms with Gasteiger partial charge in [0, 0.05) is 13.0 Å². The van der Waals surface area contributed by atoms with Crippen molar-refractivity contribution in [1.82, 2.24) is 5.32 Å². The van der Waals surface area contributed by atoms with Crippen molar-refractivity contribution in [2.45, 2.75) is 25.8 Å². The molecule has 0 aromatic heterocycles. The number of halogens is 2. The van der Waals surface area contributed by atoms with Crippen molar-refractivity contribution in [3.8, 4) is 12.3 Å². The number of nitrogens with one attached hydrogen (secondary N) is 1. The van der Waals surface area contributed by atoms with Crippen LogP contribution in [0.3, 0.4) is 0 Å². The Hall–Kier alpha value is -1.04. The fourth-order valence-corrected chi connectivity index (χ4v) is 1.56. The van der Waals surface area contributed by atoms with Crippen LogP contribution in [0.2, 0.25) is 5.02 Å². The van der Waals surface area contributed by atoms with Gasteiger partial charge in [-0.1, -0.05) is 17.7 Å². The van der Waals surface area contributed by atoms with Crippen molar-refractivity contribution in [3.63, 3.8) is 0 Å². The van der Waals surface area contributed by atoms with Crippen LogP contribution in [0.15, 0.2) is 18.2 Å². The third kappa shape index (κ3) is 4.65. The van der Waals surface area contributed by atoms with Gasteiger partial charge in [-0.3, -0.25) is 0 Å². The Morgan fingerprint density at radius 3 is 2.88 bits per heavy atom. The lowest BCUT2D eigenvalue weighted by Crippen LogP contribution is -2.14. The molecule has 0 unspecified atom stereocenters. The Balaban J connectivity index is 2.22. The van der Waals surface area contributed by atoms with Gasteiger partial charge in [-0.05, 0) is 37.1 Å². The van der Waals surface area contributed by atoms with Crippen LogP contribution in [-0.2, 0) is 6.54 Å². The molecule has 1 nitrogen and oxygen atoms in total. The summed E-state index contributed by atoms with van der Waals surface area (Å²) in [5, 5.41) is 3.43. The summed E-state index contributed by atoms with van der Waals surface area (Å²) in [5.74, 6) is 2.23. The molecule has 1 aromatic carbocycles. The summed E-state index contributed by atoms with van der Waals surface area (Å²) in [6.07, 6.45) is 8.06. The SMILES string of the molecule is C#CCCCCNCc1ccc(F)c(Cl)c1. The molecule has 0 bridgehead atoms. The first-order valence-corrected chi connectivity index (χ1v) is 5.70. The van der Waals surface area contributed by atoms with Gasteiger partial charge in [0.05, 0.1) is 5.02 Å². The van der Waals surface area contributed by atoms with Gasteiger partial charge in [0.1, 0.15) is 5.82 Å². The maximum atomic E-state index is 12.9. The summed E-state index contributed by atoms with van der Waals surface area (Å²) in [6, 6.07) is 4.76. The number of benzene rings is 1. The fraction of sp³-hybridized carbons (Fsp3) is 0.385. The van der Waals surface area contributed by atoms with Crippen molar-refractivity contribution in [2.75, 3.05) is 6.54 Å². The largest absolute Gasteiger partial charge is 0.313 e. The quantitative estimate of drug-likeness (QED) is 0.593. The van der Waals surface area contributed by atoms with Crippen LogP contribution in [0, 0.1) is 18.2 Å². The highest BCUT2D eigenvalue weighted by Crippen LogP contribution is 2.15. The molecule has 0 heterocycles. The zero-order valence-electron chi connectivity index (χ0n) is 9.10. The number of rotatable bonds is 6. The Labute approximate surface area is 101 Å². The van der Waals surface area contributed by atoms with Gasteiger partial charge < -0.3 is 5.32 Å². The first-order chi connectivity index (χ1) is 7.74. The number of unbranched alkanes of at least 4 members (excludes halogenated alkanes) is 2. The average molecular weight is 240 g/mol. The van der Waals surface area contributed by atoms with E-state index in [0.29, 0.717) is 6.54 Å². The zero-order valence-corrected chi connectivity index (χ0v) is 9.86. The van der Waals surface area contributed by atoms with Crippen LogP contribution >= 0.6 is 11.6 Å². The van der Waals surface area contributed by atoms with Gasteiger partial charge in [-0.25, -0.2) is 4.39 Å². The van der Waals surface area contributed by atoms with E-state index in [1.807, 2.05) is 0 Å². The molecule has 0 fully saturated rings. The van der Waals surface area contributed by atoms with Crippen molar-refractivity contribution in [2.24, 2.45) is 0 Å².